The average molecular weight is 395 g/mol. The molecular formula is C21H21N3O3S. The molecule has 2 amide bonds. The van der Waals surface area contributed by atoms with E-state index in [4.69, 9.17) is 4.74 Å². The Morgan fingerprint density at radius 1 is 1.00 bits per heavy atom. The zero-order valence-corrected chi connectivity index (χ0v) is 16.7. The zero-order valence-electron chi connectivity index (χ0n) is 15.9. The van der Waals surface area contributed by atoms with Crippen LogP contribution in [0.3, 0.4) is 0 Å². The second kappa shape index (κ2) is 8.67. The first-order valence-electron chi connectivity index (χ1n) is 8.73. The minimum absolute atomic E-state index is 0.137. The summed E-state index contributed by atoms with van der Waals surface area (Å²) >= 11 is 1.48. The fraction of sp³-hybridized carbons (Fsp3) is 0.190. The Labute approximate surface area is 167 Å². The monoisotopic (exact) mass is 395 g/mol. The predicted octanol–water partition coefficient (Wildman–Crippen LogP) is 3.44. The van der Waals surface area contributed by atoms with Gasteiger partial charge in [-0.05, 0) is 38.1 Å². The number of hydrogen-bond donors (Lipinski definition) is 2. The fourth-order valence-electron chi connectivity index (χ4n) is 2.66. The lowest BCUT2D eigenvalue weighted by atomic mass is 10.1. The third-order valence-corrected chi connectivity index (χ3v) is 5.09. The molecule has 0 saturated heterocycles. The van der Waals surface area contributed by atoms with Gasteiger partial charge in [-0.2, -0.15) is 0 Å². The van der Waals surface area contributed by atoms with Crippen molar-refractivity contribution in [3.8, 4) is 17.0 Å². The molecular weight excluding hydrogens is 374 g/mol. The van der Waals surface area contributed by atoms with Crippen LogP contribution in [-0.4, -0.2) is 23.9 Å². The van der Waals surface area contributed by atoms with Crippen LogP contribution in [0.1, 0.15) is 25.8 Å². The SMILES string of the molecule is COc1ccc(C(=O)NNC(=O)Cc2sc(C)nc2-c2ccc(C)cc2)cc1. The lowest BCUT2D eigenvalue weighted by Crippen LogP contribution is -2.42. The van der Waals surface area contributed by atoms with E-state index in [2.05, 4.69) is 15.8 Å². The van der Waals surface area contributed by atoms with Crippen molar-refractivity contribution in [2.24, 2.45) is 0 Å². The smallest absolute Gasteiger partial charge is 0.269 e. The molecule has 6 nitrogen and oxygen atoms in total. The summed E-state index contributed by atoms with van der Waals surface area (Å²) < 4.78 is 5.06. The van der Waals surface area contributed by atoms with Gasteiger partial charge in [-0.25, -0.2) is 4.98 Å². The number of thiazole rings is 1. The van der Waals surface area contributed by atoms with Crippen LogP contribution in [0.25, 0.3) is 11.3 Å². The molecule has 3 aromatic rings. The van der Waals surface area contributed by atoms with Crippen LogP contribution in [0.4, 0.5) is 0 Å². The van der Waals surface area contributed by atoms with Gasteiger partial charge in [-0.1, -0.05) is 29.8 Å². The minimum atomic E-state index is -0.393. The molecule has 28 heavy (non-hydrogen) atoms. The molecule has 0 saturated carbocycles. The van der Waals surface area contributed by atoms with Crippen molar-refractivity contribution in [2.45, 2.75) is 20.3 Å². The molecule has 0 radical (unpaired) electrons. The number of methoxy groups -OCH3 is 1. The van der Waals surface area contributed by atoms with Gasteiger partial charge in [-0.3, -0.25) is 20.4 Å². The van der Waals surface area contributed by atoms with Gasteiger partial charge in [0.15, 0.2) is 0 Å². The van der Waals surface area contributed by atoms with Crippen molar-refractivity contribution >= 4 is 23.2 Å². The van der Waals surface area contributed by atoms with E-state index in [1.807, 2.05) is 38.1 Å². The van der Waals surface area contributed by atoms with Gasteiger partial charge in [-0.15, -0.1) is 11.3 Å². The quantitative estimate of drug-likeness (QED) is 0.649. The van der Waals surface area contributed by atoms with Gasteiger partial charge in [0.2, 0.25) is 5.91 Å². The molecule has 0 spiro atoms. The highest BCUT2D eigenvalue weighted by molar-refractivity contribution is 7.12. The summed E-state index contributed by atoms with van der Waals surface area (Å²) in [5.41, 5.74) is 8.27. The third kappa shape index (κ3) is 4.75. The number of carbonyl (C=O) groups is 2. The lowest BCUT2D eigenvalue weighted by Gasteiger charge is -2.08. The first kappa shape index (κ1) is 19.6. The number of nitrogens with zero attached hydrogens (tertiary/aromatic N) is 1. The second-order valence-electron chi connectivity index (χ2n) is 6.28. The van der Waals surface area contributed by atoms with Gasteiger partial charge in [0.1, 0.15) is 5.75 Å². The standard InChI is InChI=1S/C21H21N3O3S/c1-13-4-6-15(7-5-13)20-18(28-14(2)22-20)12-19(25)23-24-21(26)16-8-10-17(27-3)11-9-16/h4-11H,12H2,1-3H3,(H,23,25)(H,24,26). The maximum atomic E-state index is 12.3. The van der Waals surface area contributed by atoms with Crippen molar-refractivity contribution in [1.82, 2.24) is 15.8 Å². The third-order valence-electron chi connectivity index (χ3n) is 4.12. The van der Waals surface area contributed by atoms with Crippen LogP contribution in [-0.2, 0) is 11.2 Å². The van der Waals surface area contributed by atoms with Gasteiger partial charge in [0, 0.05) is 16.0 Å². The van der Waals surface area contributed by atoms with Crippen LogP contribution >= 0.6 is 11.3 Å². The van der Waals surface area contributed by atoms with Gasteiger partial charge in [0.25, 0.3) is 5.91 Å². The maximum Gasteiger partial charge on any atom is 0.269 e. The van der Waals surface area contributed by atoms with Crippen LogP contribution in [0, 0.1) is 13.8 Å². The Morgan fingerprint density at radius 2 is 1.68 bits per heavy atom. The summed E-state index contributed by atoms with van der Waals surface area (Å²) in [4.78, 5) is 29.9. The Kier molecular flexibility index (Phi) is 6.06. The number of amides is 2. The van der Waals surface area contributed by atoms with E-state index in [0.29, 0.717) is 11.3 Å². The van der Waals surface area contributed by atoms with E-state index >= 15 is 0 Å². The van der Waals surface area contributed by atoms with Crippen molar-refractivity contribution in [1.29, 1.82) is 0 Å². The Balaban J connectivity index is 1.63. The van der Waals surface area contributed by atoms with Gasteiger partial charge < -0.3 is 4.74 Å². The molecule has 1 heterocycles. The number of carbonyl (C=O) groups excluding carboxylic acids is 2. The van der Waals surface area contributed by atoms with E-state index in [9.17, 15) is 9.59 Å². The van der Waals surface area contributed by atoms with E-state index in [0.717, 1.165) is 26.7 Å². The van der Waals surface area contributed by atoms with E-state index in [1.54, 1.807) is 31.4 Å². The number of aromatic nitrogens is 1. The highest BCUT2D eigenvalue weighted by Gasteiger charge is 2.15. The van der Waals surface area contributed by atoms with Crippen molar-refractivity contribution in [3.63, 3.8) is 0 Å². The van der Waals surface area contributed by atoms with Crippen molar-refractivity contribution < 1.29 is 14.3 Å². The molecule has 3 rings (SSSR count). The van der Waals surface area contributed by atoms with Crippen molar-refractivity contribution in [2.75, 3.05) is 7.11 Å². The predicted molar refractivity (Wildman–Crippen MR) is 109 cm³/mol. The van der Waals surface area contributed by atoms with E-state index in [-0.39, 0.29) is 12.3 Å². The number of benzene rings is 2. The van der Waals surface area contributed by atoms with Gasteiger partial charge >= 0.3 is 0 Å². The number of nitrogens with one attached hydrogen (secondary N) is 2. The molecule has 0 aliphatic rings. The summed E-state index contributed by atoms with van der Waals surface area (Å²) in [7, 11) is 1.56. The number of hydrogen-bond acceptors (Lipinski definition) is 5. The summed E-state index contributed by atoms with van der Waals surface area (Å²) in [5.74, 6) is -0.0427. The first-order valence-corrected chi connectivity index (χ1v) is 9.54. The Bertz CT molecular complexity index is 979. The first-order chi connectivity index (χ1) is 13.5. The Morgan fingerprint density at radius 3 is 2.32 bits per heavy atom. The van der Waals surface area contributed by atoms with Crippen LogP contribution in [0.2, 0.25) is 0 Å². The molecule has 0 fully saturated rings. The maximum absolute atomic E-state index is 12.3. The largest absolute Gasteiger partial charge is 0.497 e. The average Bonchev–Trinajstić information content (AvgIpc) is 3.06. The van der Waals surface area contributed by atoms with Crippen LogP contribution in [0.15, 0.2) is 48.5 Å². The fourth-order valence-corrected chi connectivity index (χ4v) is 3.61. The van der Waals surface area contributed by atoms with E-state index in [1.165, 1.54) is 11.3 Å². The molecule has 0 atom stereocenters. The normalized spacial score (nSPS) is 10.4. The topological polar surface area (TPSA) is 80.3 Å². The highest BCUT2D eigenvalue weighted by Crippen LogP contribution is 2.28. The number of hydrazine groups is 1. The zero-order chi connectivity index (χ0) is 20.1. The molecule has 0 unspecified atom stereocenters. The Hall–Kier alpha value is -3.19. The molecule has 144 valence electrons. The molecule has 1 aromatic heterocycles. The molecule has 0 aliphatic heterocycles. The van der Waals surface area contributed by atoms with E-state index < -0.39 is 5.91 Å². The second-order valence-corrected chi connectivity index (χ2v) is 7.57. The van der Waals surface area contributed by atoms with Gasteiger partial charge in [0.05, 0.1) is 24.2 Å². The molecule has 7 heteroatoms. The molecule has 2 aromatic carbocycles. The summed E-state index contributed by atoms with van der Waals surface area (Å²) in [6, 6.07) is 14.7. The van der Waals surface area contributed by atoms with Crippen LogP contribution < -0.4 is 15.6 Å². The lowest BCUT2D eigenvalue weighted by molar-refractivity contribution is -0.121. The molecule has 0 bridgehead atoms. The molecule has 0 aliphatic carbocycles. The van der Waals surface area contributed by atoms with Crippen molar-refractivity contribution in [3.05, 3.63) is 69.5 Å². The summed E-state index contributed by atoms with van der Waals surface area (Å²) in [6.07, 6.45) is 0.137. The van der Waals surface area contributed by atoms with Crippen LogP contribution in [0.5, 0.6) is 5.75 Å². The highest BCUT2D eigenvalue weighted by atomic mass is 32.1. The minimum Gasteiger partial charge on any atom is -0.497 e. The molecule has 2 N–H and O–H groups in total. The summed E-state index contributed by atoms with van der Waals surface area (Å²) in [5, 5.41) is 0.889. The number of rotatable bonds is 5. The summed E-state index contributed by atoms with van der Waals surface area (Å²) in [6.45, 7) is 3.94. The number of aryl methyl sites for hydroxylation is 2. The number of ether oxygens (including phenoxy) is 1.